The minimum Gasteiger partial charge on any atom is -0.394 e. The van der Waals surface area contributed by atoms with Gasteiger partial charge in [0.2, 0.25) is 0 Å². The highest BCUT2D eigenvalue weighted by molar-refractivity contribution is 6.13. The van der Waals surface area contributed by atoms with Gasteiger partial charge in [0.1, 0.15) is 5.78 Å². The summed E-state index contributed by atoms with van der Waals surface area (Å²) < 4.78 is 0. The molecule has 0 radical (unpaired) electrons. The van der Waals surface area contributed by atoms with Crippen molar-refractivity contribution in [3.05, 3.63) is 12.2 Å². The number of carbonyl (C=O) groups excluding carboxylic acids is 3. The third-order valence-electron chi connectivity index (χ3n) is 2.48. The first-order valence-electron chi connectivity index (χ1n) is 5.38. The molecule has 1 rings (SSSR count). The zero-order valence-electron chi connectivity index (χ0n) is 9.33. The molecule has 0 bridgehead atoms. The molecule has 1 heterocycles. The molecule has 6 heteroatoms. The predicted molar refractivity (Wildman–Crippen MR) is 57.8 cm³/mol. The summed E-state index contributed by atoms with van der Waals surface area (Å²) >= 11 is 0. The molecule has 0 saturated carbocycles. The standard InChI is InChI=1S/C11H15NO5/c13-7-9(15)2-1-8(14)5-6-12-10(16)3-4-11(12)17/h3-4,9,13,15H,1-2,5-7H2. The summed E-state index contributed by atoms with van der Waals surface area (Å²) in [4.78, 5) is 34.7. The second kappa shape index (κ2) is 6.27. The molecule has 0 spiro atoms. The quantitative estimate of drug-likeness (QED) is 0.558. The Kier molecular flexibility index (Phi) is 4.99. The number of carbonyl (C=O) groups is 3. The van der Waals surface area contributed by atoms with Gasteiger partial charge in [0, 0.05) is 31.5 Å². The second-order valence-electron chi connectivity index (χ2n) is 3.83. The van der Waals surface area contributed by atoms with Crippen LogP contribution in [0.4, 0.5) is 0 Å². The number of nitrogens with zero attached hydrogens (tertiary/aromatic N) is 1. The van der Waals surface area contributed by atoms with Crippen molar-refractivity contribution in [2.45, 2.75) is 25.4 Å². The molecule has 0 aromatic carbocycles. The first-order valence-corrected chi connectivity index (χ1v) is 5.38. The summed E-state index contributed by atoms with van der Waals surface area (Å²) in [6.45, 7) is -0.307. The number of amides is 2. The van der Waals surface area contributed by atoms with Gasteiger partial charge in [0.05, 0.1) is 12.7 Å². The highest BCUT2D eigenvalue weighted by Crippen LogP contribution is 2.06. The lowest BCUT2D eigenvalue weighted by Crippen LogP contribution is -2.32. The summed E-state index contributed by atoms with van der Waals surface area (Å²) in [5.74, 6) is -0.957. The number of rotatable bonds is 7. The molecule has 1 unspecified atom stereocenters. The number of aliphatic hydroxyl groups excluding tert-OH is 2. The van der Waals surface area contributed by atoms with Crippen LogP contribution >= 0.6 is 0 Å². The molecule has 0 aromatic rings. The fourth-order valence-corrected chi connectivity index (χ4v) is 1.43. The normalized spacial score (nSPS) is 16.7. The second-order valence-corrected chi connectivity index (χ2v) is 3.83. The van der Waals surface area contributed by atoms with Crippen molar-refractivity contribution in [1.82, 2.24) is 4.90 Å². The molecule has 1 aliphatic rings. The van der Waals surface area contributed by atoms with Gasteiger partial charge < -0.3 is 10.2 Å². The van der Waals surface area contributed by atoms with E-state index in [4.69, 9.17) is 10.2 Å². The van der Waals surface area contributed by atoms with Crippen molar-refractivity contribution >= 4 is 17.6 Å². The number of hydrogen-bond acceptors (Lipinski definition) is 5. The van der Waals surface area contributed by atoms with Crippen molar-refractivity contribution in [3.8, 4) is 0 Å². The average Bonchev–Trinajstić information content (AvgIpc) is 2.63. The minimum absolute atomic E-state index is 0.0682. The molecule has 2 N–H and O–H groups in total. The van der Waals surface area contributed by atoms with Gasteiger partial charge in [-0.05, 0) is 6.42 Å². The molecule has 1 aliphatic heterocycles. The van der Waals surface area contributed by atoms with E-state index in [1.807, 2.05) is 0 Å². The molecule has 94 valence electrons. The molecule has 6 nitrogen and oxygen atoms in total. The fraction of sp³-hybridized carbons (Fsp3) is 0.545. The summed E-state index contributed by atoms with van der Waals surface area (Å²) in [7, 11) is 0. The van der Waals surface area contributed by atoms with Crippen LogP contribution in [0.25, 0.3) is 0 Å². The maximum atomic E-state index is 11.4. The van der Waals surface area contributed by atoms with Crippen molar-refractivity contribution in [1.29, 1.82) is 0 Å². The summed E-state index contributed by atoms with van der Waals surface area (Å²) in [6, 6.07) is 0. The number of hydrogen-bond donors (Lipinski definition) is 2. The Hall–Kier alpha value is -1.53. The molecule has 2 amide bonds. The number of ketones is 1. The van der Waals surface area contributed by atoms with E-state index in [2.05, 4.69) is 0 Å². The van der Waals surface area contributed by atoms with Crippen molar-refractivity contribution in [2.24, 2.45) is 0 Å². The Morgan fingerprint density at radius 2 is 1.82 bits per heavy atom. The molecule has 17 heavy (non-hydrogen) atoms. The van der Waals surface area contributed by atoms with E-state index in [0.29, 0.717) is 0 Å². The van der Waals surface area contributed by atoms with Gasteiger partial charge in [-0.2, -0.15) is 0 Å². The van der Waals surface area contributed by atoms with Crippen LogP contribution in [0.3, 0.4) is 0 Å². The average molecular weight is 241 g/mol. The SMILES string of the molecule is O=C(CCC(O)CO)CCN1C(=O)C=CC1=O. The third-order valence-corrected chi connectivity index (χ3v) is 2.48. The van der Waals surface area contributed by atoms with Gasteiger partial charge in [-0.15, -0.1) is 0 Å². The van der Waals surface area contributed by atoms with Crippen LogP contribution in [0.1, 0.15) is 19.3 Å². The summed E-state index contributed by atoms with van der Waals surface area (Å²) in [6.07, 6.45) is 1.85. The van der Waals surface area contributed by atoms with Gasteiger partial charge in [-0.3, -0.25) is 19.3 Å². The highest BCUT2D eigenvalue weighted by Gasteiger charge is 2.23. The zero-order chi connectivity index (χ0) is 12.8. The molecule has 0 fully saturated rings. The smallest absolute Gasteiger partial charge is 0.253 e. The van der Waals surface area contributed by atoms with Gasteiger partial charge in [0.15, 0.2) is 0 Å². The van der Waals surface area contributed by atoms with Gasteiger partial charge in [-0.1, -0.05) is 0 Å². The van der Waals surface area contributed by atoms with E-state index in [1.165, 1.54) is 12.2 Å². The van der Waals surface area contributed by atoms with E-state index in [1.54, 1.807) is 0 Å². The van der Waals surface area contributed by atoms with Crippen molar-refractivity contribution < 1.29 is 24.6 Å². The number of aliphatic hydroxyl groups is 2. The van der Waals surface area contributed by atoms with Gasteiger partial charge >= 0.3 is 0 Å². The topological polar surface area (TPSA) is 94.9 Å². The largest absolute Gasteiger partial charge is 0.394 e. The molecule has 0 aliphatic carbocycles. The van der Waals surface area contributed by atoms with Crippen molar-refractivity contribution in [2.75, 3.05) is 13.2 Å². The lowest BCUT2D eigenvalue weighted by atomic mass is 10.1. The zero-order valence-corrected chi connectivity index (χ0v) is 9.33. The number of imide groups is 1. The summed E-state index contributed by atoms with van der Waals surface area (Å²) in [5, 5.41) is 17.6. The Balaban J connectivity index is 2.24. The number of Topliss-reactive ketones (excluding diaryl/α,β-unsaturated/α-hetero) is 1. The Bertz CT molecular complexity index is 332. The van der Waals surface area contributed by atoms with Crippen LogP contribution in [-0.4, -0.2) is 52.0 Å². The van der Waals surface area contributed by atoms with Gasteiger partial charge in [0.25, 0.3) is 11.8 Å². The van der Waals surface area contributed by atoms with Crippen LogP contribution in [-0.2, 0) is 14.4 Å². The van der Waals surface area contributed by atoms with Crippen LogP contribution < -0.4 is 0 Å². The van der Waals surface area contributed by atoms with Crippen LogP contribution in [0, 0.1) is 0 Å². The monoisotopic (exact) mass is 241 g/mol. The Morgan fingerprint density at radius 3 is 2.35 bits per heavy atom. The Labute approximate surface area is 98.5 Å². The maximum Gasteiger partial charge on any atom is 0.253 e. The first kappa shape index (κ1) is 13.5. The molecular weight excluding hydrogens is 226 g/mol. The van der Waals surface area contributed by atoms with E-state index in [-0.39, 0.29) is 38.2 Å². The fourth-order valence-electron chi connectivity index (χ4n) is 1.43. The van der Waals surface area contributed by atoms with E-state index >= 15 is 0 Å². The van der Waals surface area contributed by atoms with E-state index in [9.17, 15) is 14.4 Å². The van der Waals surface area contributed by atoms with Gasteiger partial charge in [-0.25, -0.2) is 0 Å². The first-order chi connectivity index (χ1) is 8.04. The van der Waals surface area contributed by atoms with Crippen LogP contribution in [0.15, 0.2) is 12.2 Å². The van der Waals surface area contributed by atoms with Crippen LogP contribution in [0.5, 0.6) is 0 Å². The lowest BCUT2D eigenvalue weighted by Gasteiger charge is -2.13. The Morgan fingerprint density at radius 1 is 1.24 bits per heavy atom. The van der Waals surface area contributed by atoms with Crippen molar-refractivity contribution in [3.63, 3.8) is 0 Å². The van der Waals surface area contributed by atoms with Crippen LogP contribution in [0.2, 0.25) is 0 Å². The van der Waals surface area contributed by atoms with E-state index < -0.39 is 17.9 Å². The highest BCUT2D eigenvalue weighted by atomic mass is 16.3. The summed E-state index contributed by atoms with van der Waals surface area (Å²) in [5.41, 5.74) is 0. The third kappa shape index (κ3) is 4.08. The molecule has 0 aromatic heterocycles. The maximum absolute atomic E-state index is 11.4. The molecule has 1 atom stereocenters. The predicted octanol–water partition coefficient (Wildman–Crippen LogP) is -0.996. The molecule has 0 saturated heterocycles. The lowest BCUT2D eigenvalue weighted by molar-refractivity contribution is -0.137. The molecular formula is C11H15NO5. The van der Waals surface area contributed by atoms with E-state index in [0.717, 1.165) is 4.90 Å². The minimum atomic E-state index is -0.893.